The third kappa shape index (κ3) is 2.32. The van der Waals surface area contributed by atoms with E-state index in [-0.39, 0.29) is 16.2 Å². The van der Waals surface area contributed by atoms with Crippen LogP contribution >= 0.6 is 10.7 Å². The Kier molecular flexibility index (Phi) is 3.07. The van der Waals surface area contributed by atoms with E-state index >= 15 is 0 Å². The highest BCUT2D eigenvalue weighted by molar-refractivity contribution is 8.13. The molecule has 7 heteroatoms. The van der Waals surface area contributed by atoms with Crippen LogP contribution in [-0.4, -0.2) is 20.6 Å². The predicted molar refractivity (Wildman–Crippen MR) is 52.4 cm³/mol. The van der Waals surface area contributed by atoms with Crippen molar-refractivity contribution in [2.75, 3.05) is 7.11 Å². The van der Waals surface area contributed by atoms with Crippen molar-refractivity contribution in [2.24, 2.45) is 0 Å². The number of hydrogen-bond acceptors (Lipinski definition) is 5. The van der Waals surface area contributed by atoms with Crippen LogP contribution in [0.4, 0.5) is 0 Å². The quantitative estimate of drug-likeness (QED) is 0.794. The minimum atomic E-state index is -3.95. The average molecular weight is 248 g/mol. The van der Waals surface area contributed by atoms with Gasteiger partial charge in [0.15, 0.2) is 11.5 Å². The summed E-state index contributed by atoms with van der Waals surface area (Å²) in [4.78, 5) is -0.296. The summed E-state index contributed by atoms with van der Waals surface area (Å²) in [7, 11) is 2.38. The van der Waals surface area contributed by atoms with Crippen molar-refractivity contribution in [1.29, 1.82) is 5.26 Å². The van der Waals surface area contributed by atoms with E-state index in [1.807, 2.05) is 0 Å². The van der Waals surface area contributed by atoms with Gasteiger partial charge in [-0.3, -0.25) is 0 Å². The number of hydrogen-bond donors (Lipinski definition) is 1. The van der Waals surface area contributed by atoms with Crippen LogP contribution in [0.2, 0.25) is 0 Å². The van der Waals surface area contributed by atoms with Crippen molar-refractivity contribution in [2.45, 2.75) is 4.90 Å². The Balaban J connectivity index is 3.56. The molecule has 0 saturated heterocycles. The molecule has 1 aromatic rings. The summed E-state index contributed by atoms with van der Waals surface area (Å²) in [6.45, 7) is 0. The molecule has 0 spiro atoms. The lowest BCUT2D eigenvalue weighted by molar-refractivity contribution is 0.371. The monoisotopic (exact) mass is 247 g/mol. The lowest BCUT2D eigenvalue weighted by Crippen LogP contribution is -1.94. The lowest BCUT2D eigenvalue weighted by Gasteiger charge is -2.06. The number of methoxy groups -OCH3 is 1. The number of aromatic hydroxyl groups is 1. The van der Waals surface area contributed by atoms with Gasteiger partial charge in [0.2, 0.25) is 0 Å². The number of ether oxygens (including phenoxy) is 1. The molecule has 0 bridgehead atoms. The van der Waals surface area contributed by atoms with Crippen LogP contribution < -0.4 is 4.74 Å². The van der Waals surface area contributed by atoms with Crippen LogP contribution in [-0.2, 0) is 9.05 Å². The summed E-state index contributed by atoms with van der Waals surface area (Å²) in [5.41, 5.74) is -0.214. The molecular formula is C8H6ClNO4S. The Morgan fingerprint density at radius 3 is 2.53 bits per heavy atom. The van der Waals surface area contributed by atoms with E-state index in [1.165, 1.54) is 7.11 Å². The number of nitriles is 1. The smallest absolute Gasteiger partial charge is 0.261 e. The van der Waals surface area contributed by atoms with Gasteiger partial charge < -0.3 is 9.84 Å². The summed E-state index contributed by atoms with van der Waals surface area (Å²) >= 11 is 0. The van der Waals surface area contributed by atoms with Gasteiger partial charge in [-0.15, -0.1) is 0 Å². The first-order valence-electron chi connectivity index (χ1n) is 3.66. The zero-order chi connectivity index (χ0) is 11.6. The highest BCUT2D eigenvalue weighted by Crippen LogP contribution is 2.33. The first kappa shape index (κ1) is 11.6. The number of nitrogens with zero attached hydrogens (tertiary/aromatic N) is 1. The molecule has 0 atom stereocenters. The second kappa shape index (κ2) is 3.96. The zero-order valence-electron chi connectivity index (χ0n) is 7.56. The van der Waals surface area contributed by atoms with E-state index < -0.39 is 14.8 Å². The molecule has 0 radical (unpaired) electrons. The lowest BCUT2D eigenvalue weighted by atomic mass is 10.2. The van der Waals surface area contributed by atoms with E-state index in [4.69, 9.17) is 20.7 Å². The molecule has 1 rings (SSSR count). The van der Waals surface area contributed by atoms with Crippen molar-refractivity contribution < 1.29 is 18.3 Å². The fraction of sp³-hybridized carbons (Fsp3) is 0.125. The molecule has 0 aromatic heterocycles. The second-order valence-corrected chi connectivity index (χ2v) is 5.14. The van der Waals surface area contributed by atoms with Crippen LogP contribution in [0.3, 0.4) is 0 Å². The Morgan fingerprint density at radius 2 is 2.13 bits per heavy atom. The summed E-state index contributed by atoms with van der Waals surface area (Å²) in [5, 5.41) is 18.0. The van der Waals surface area contributed by atoms with Gasteiger partial charge in [0.25, 0.3) is 9.05 Å². The van der Waals surface area contributed by atoms with Gasteiger partial charge in [-0.1, -0.05) is 0 Å². The number of phenols is 1. The molecule has 0 aliphatic rings. The van der Waals surface area contributed by atoms with Crippen LogP contribution in [0, 0.1) is 11.3 Å². The molecule has 1 aromatic carbocycles. The number of benzene rings is 1. The molecule has 5 nitrogen and oxygen atoms in total. The van der Waals surface area contributed by atoms with E-state index in [9.17, 15) is 13.5 Å². The third-order valence-electron chi connectivity index (χ3n) is 1.67. The minimum Gasteiger partial charge on any atom is -0.503 e. The van der Waals surface area contributed by atoms with E-state index in [2.05, 4.69) is 0 Å². The maximum absolute atomic E-state index is 11.0. The Morgan fingerprint density at radius 1 is 1.53 bits per heavy atom. The van der Waals surface area contributed by atoms with Gasteiger partial charge in [-0.25, -0.2) is 8.42 Å². The second-order valence-electron chi connectivity index (χ2n) is 2.57. The van der Waals surface area contributed by atoms with Crippen molar-refractivity contribution in [3.63, 3.8) is 0 Å². The highest BCUT2D eigenvalue weighted by atomic mass is 35.7. The highest BCUT2D eigenvalue weighted by Gasteiger charge is 2.17. The van der Waals surface area contributed by atoms with Gasteiger partial charge in [-0.2, -0.15) is 5.26 Å². The van der Waals surface area contributed by atoms with Crippen LogP contribution in [0.25, 0.3) is 0 Å². The molecule has 15 heavy (non-hydrogen) atoms. The largest absolute Gasteiger partial charge is 0.503 e. The van der Waals surface area contributed by atoms with Gasteiger partial charge in [0.1, 0.15) is 6.07 Å². The molecule has 0 heterocycles. The number of rotatable bonds is 2. The summed E-state index contributed by atoms with van der Waals surface area (Å²) < 4.78 is 26.7. The maximum atomic E-state index is 11.0. The average Bonchev–Trinajstić information content (AvgIpc) is 2.16. The molecular weight excluding hydrogens is 242 g/mol. The topological polar surface area (TPSA) is 87.4 Å². The van der Waals surface area contributed by atoms with Gasteiger partial charge >= 0.3 is 0 Å². The summed E-state index contributed by atoms with van der Waals surface area (Å²) in [6.07, 6.45) is 0. The standard InChI is InChI=1S/C8H6ClNO4S/c1-14-7-3-6(15(9,12)13)2-5(4-10)8(7)11/h2-3,11H,1H3. The molecule has 0 aliphatic heterocycles. The van der Waals surface area contributed by atoms with E-state index in [1.54, 1.807) is 6.07 Å². The normalized spacial score (nSPS) is 10.7. The first-order valence-corrected chi connectivity index (χ1v) is 5.97. The van der Waals surface area contributed by atoms with Gasteiger partial charge in [-0.05, 0) is 6.07 Å². The first-order chi connectivity index (χ1) is 6.90. The van der Waals surface area contributed by atoms with Crippen molar-refractivity contribution in [3.8, 4) is 17.6 Å². The Bertz CT molecular complexity index is 532. The SMILES string of the molecule is COc1cc(S(=O)(=O)Cl)cc(C#N)c1O. The maximum Gasteiger partial charge on any atom is 0.261 e. The van der Waals surface area contributed by atoms with Crippen LogP contribution in [0.15, 0.2) is 17.0 Å². The third-order valence-corrected chi connectivity index (χ3v) is 3.00. The van der Waals surface area contributed by atoms with E-state index in [0.717, 1.165) is 12.1 Å². The molecule has 0 aliphatic carbocycles. The molecule has 0 fully saturated rings. The van der Waals surface area contributed by atoms with Crippen LogP contribution in [0.5, 0.6) is 11.5 Å². The summed E-state index contributed by atoms with van der Waals surface area (Å²) in [6, 6.07) is 3.64. The molecule has 0 saturated carbocycles. The molecule has 80 valence electrons. The van der Waals surface area contributed by atoms with Gasteiger partial charge in [0.05, 0.1) is 17.6 Å². The Labute approximate surface area is 90.9 Å². The fourth-order valence-electron chi connectivity index (χ4n) is 0.964. The molecule has 1 N–H and O–H groups in total. The van der Waals surface area contributed by atoms with Crippen molar-refractivity contribution in [3.05, 3.63) is 17.7 Å². The summed E-state index contributed by atoms with van der Waals surface area (Å²) in [5.74, 6) is -0.530. The Hall–Kier alpha value is -1.45. The van der Waals surface area contributed by atoms with Crippen LogP contribution in [0.1, 0.15) is 5.56 Å². The number of phenolic OH excluding ortho intramolecular Hbond substituents is 1. The zero-order valence-corrected chi connectivity index (χ0v) is 9.13. The fourth-order valence-corrected chi connectivity index (χ4v) is 1.74. The number of halogens is 1. The minimum absolute atomic E-state index is 0.117. The molecule has 0 unspecified atom stereocenters. The van der Waals surface area contributed by atoms with Crippen molar-refractivity contribution in [1.82, 2.24) is 0 Å². The van der Waals surface area contributed by atoms with Crippen molar-refractivity contribution >= 4 is 19.7 Å². The predicted octanol–water partition coefficient (Wildman–Crippen LogP) is 1.20. The molecule has 0 amide bonds. The van der Waals surface area contributed by atoms with E-state index in [0.29, 0.717) is 0 Å². The van der Waals surface area contributed by atoms with Gasteiger partial charge in [0, 0.05) is 16.7 Å².